The normalized spacial score (nSPS) is 13.6. The lowest BCUT2D eigenvalue weighted by Gasteiger charge is -2.35. The van der Waals surface area contributed by atoms with Crippen LogP contribution >= 0.6 is 0 Å². The average Bonchev–Trinajstić information content (AvgIpc) is 1.84. The SMILES string of the molecule is CCC(C)(CC)C[N+](C)(C)C. The molecule has 1 heteroatoms. The third kappa shape index (κ3) is 4.41. The van der Waals surface area contributed by atoms with Crippen molar-refractivity contribution in [2.75, 3.05) is 27.7 Å². The third-order valence-electron chi connectivity index (χ3n) is 2.56. The maximum absolute atomic E-state index is 2.39. The number of nitrogens with zero attached hydrogens (tertiary/aromatic N) is 1. The number of hydrogen-bond donors (Lipinski definition) is 0. The largest absolute Gasteiger partial charge is 0.330 e. The summed E-state index contributed by atoms with van der Waals surface area (Å²) in [5, 5.41) is 0. The number of hydrogen-bond acceptors (Lipinski definition) is 0. The van der Waals surface area contributed by atoms with Crippen LogP contribution in [0.3, 0.4) is 0 Å². The zero-order chi connectivity index (χ0) is 9.12. The zero-order valence-electron chi connectivity index (χ0n) is 9.07. The molecule has 0 saturated carbocycles. The van der Waals surface area contributed by atoms with E-state index < -0.39 is 0 Å². The molecule has 0 atom stereocenters. The van der Waals surface area contributed by atoms with E-state index in [1.165, 1.54) is 19.4 Å². The molecule has 0 bridgehead atoms. The molecule has 1 nitrogen and oxygen atoms in total. The van der Waals surface area contributed by atoms with Crippen molar-refractivity contribution >= 4 is 0 Å². The fourth-order valence-corrected chi connectivity index (χ4v) is 1.62. The topological polar surface area (TPSA) is 0 Å². The lowest BCUT2D eigenvalue weighted by atomic mass is 9.84. The quantitative estimate of drug-likeness (QED) is 0.552. The monoisotopic (exact) mass is 158 g/mol. The van der Waals surface area contributed by atoms with E-state index in [0.717, 1.165) is 4.48 Å². The van der Waals surface area contributed by atoms with Gasteiger partial charge in [0.1, 0.15) is 0 Å². The Morgan fingerprint density at radius 2 is 1.36 bits per heavy atom. The van der Waals surface area contributed by atoms with Crippen LogP contribution in [0.15, 0.2) is 0 Å². The van der Waals surface area contributed by atoms with E-state index in [2.05, 4.69) is 41.9 Å². The highest BCUT2D eigenvalue weighted by Crippen LogP contribution is 2.27. The summed E-state index contributed by atoms with van der Waals surface area (Å²) >= 11 is 0. The molecule has 0 aromatic heterocycles. The molecule has 68 valence electrons. The summed E-state index contributed by atoms with van der Waals surface area (Å²) in [6.07, 6.45) is 2.58. The van der Waals surface area contributed by atoms with E-state index in [1.54, 1.807) is 0 Å². The molecule has 0 amide bonds. The predicted octanol–water partition coefficient (Wildman–Crippen LogP) is 2.52. The van der Waals surface area contributed by atoms with Crippen LogP contribution in [0.1, 0.15) is 33.6 Å². The van der Waals surface area contributed by atoms with Gasteiger partial charge in [0.05, 0.1) is 27.7 Å². The minimum Gasteiger partial charge on any atom is -0.330 e. The predicted molar refractivity (Wildman–Crippen MR) is 51.6 cm³/mol. The van der Waals surface area contributed by atoms with Crippen molar-refractivity contribution in [3.63, 3.8) is 0 Å². The molecule has 0 radical (unpaired) electrons. The smallest absolute Gasteiger partial charge is 0.0834 e. The van der Waals surface area contributed by atoms with Crippen LogP contribution in [-0.4, -0.2) is 32.2 Å². The molecule has 11 heavy (non-hydrogen) atoms. The molecule has 0 aliphatic heterocycles. The molecule has 0 aliphatic rings. The first kappa shape index (κ1) is 11.0. The van der Waals surface area contributed by atoms with Gasteiger partial charge in [-0.2, -0.15) is 0 Å². The van der Waals surface area contributed by atoms with E-state index >= 15 is 0 Å². The second-order valence-corrected chi connectivity index (χ2v) is 4.97. The van der Waals surface area contributed by atoms with E-state index in [-0.39, 0.29) is 0 Å². The van der Waals surface area contributed by atoms with Crippen LogP contribution in [0, 0.1) is 5.41 Å². The Hall–Kier alpha value is -0.0400. The van der Waals surface area contributed by atoms with Gasteiger partial charge in [-0.3, -0.25) is 0 Å². The van der Waals surface area contributed by atoms with Gasteiger partial charge in [-0.25, -0.2) is 0 Å². The Bertz CT molecular complexity index is 107. The summed E-state index contributed by atoms with van der Waals surface area (Å²) in [6.45, 7) is 8.24. The van der Waals surface area contributed by atoms with Crippen molar-refractivity contribution in [1.29, 1.82) is 0 Å². The van der Waals surface area contributed by atoms with Crippen LogP contribution in [0.5, 0.6) is 0 Å². The van der Waals surface area contributed by atoms with Crippen LogP contribution in [0.4, 0.5) is 0 Å². The van der Waals surface area contributed by atoms with Gasteiger partial charge < -0.3 is 4.48 Å². The van der Waals surface area contributed by atoms with Crippen molar-refractivity contribution in [3.8, 4) is 0 Å². The molecule has 0 spiro atoms. The highest BCUT2D eigenvalue weighted by atomic mass is 15.3. The Morgan fingerprint density at radius 1 is 1.00 bits per heavy atom. The summed E-state index contributed by atoms with van der Waals surface area (Å²) < 4.78 is 1.08. The van der Waals surface area contributed by atoms with Gasteiger partial charge in [0.25, 0.3) is 0 Å². The highest BCUT2D eigenvalue weighted by Gasteiger charge is 2.26. The van der Waals surface area contributed by atoms with Crippen molar-refractivity contribution < 1.29 is 4.48 Å². The van der Waals surface area contributed by atoms with E-state index in [1.807, 2.05) is 0 Å². The summed E-state index contributed by atoms with van der Waals surface area (Å²) in [7, 11) is 6.80. The lowest BCUT2D eigenvalue weighted by Crippen LogP contribution is -2.43. The molecular formula is C10H24N+. The van der Waals surface area contributed by atoms with Crippen molar-refractivity contribution in [3.05, 3.63) is 0 Å². The highest BCUT2D eigenvalue weighted by molar-refractivity contribution is 4.69. The molecule has 0 aliphatic carbocycles. The first-order valence-corrected chi connectivity index (χ1v) is 4.63. The van der Waals surface area contributed by atoms with Crippen LogP contribution in [-0.2, 0) is 0 Å². The summed E-state index contributed by atoms with van der Waals surface area (Å²) in [6, 6.07) is 0. The standard InChI is InChI=1S/C10H24N/c1-7-10(3,8-2)9-11(4,5)6/h7-9H2,1-6H3/q+1. The van der Waals surface area contributed by atoms with Crippen LogP contribution in [0.2, 0.25) is 0 Å². The van der Waals surface area contributed by atoms with Gasteiger partial charge in [-0.15, -0.1) is 0 Å². The Balaban J connectivity index is 4.08. The summed E-state index contributed by atoms with van der Waals surface area (Å²) in [4.78, 5) is 0. The second kappa shape index (κ2) is 3.57. The molecule has 0 rings (SSSR count). The first-order valence-electron chi connectivity index (χ1n) is 4.63. The molecule has 0 aromatic carbocycles. The van der Waals surface area contributed by atoms with Crippen molar-refractivity contribution in [2.24, 2.45) is 5.41 Å². The zero-order valence-corrected chi connectivity index (χ0v) is 9.07. The fraction of sp³-hybridized carbons (Fsp3) is 1.00. The Morgan fingerprint density at radius 3 is 1.45 bits per heavy atom. The van der Waals surface area contributed by atoms with Gasteiger partial charge >= 0.3 is 0 Å². The van der Waals surface area contributed by atoms with E-state index in [9.17, 15) is 0 Å². The van der Waals surface area contributed by atoms with Crippen LogP contribution < -0.4 is 0 Å². The molecule has 0 fully saturated rings. The molecule has 0 N–H and O–H groups in total. The second-order valence-electron chi connectivity index (χ2n) is 4.97. The minimum absolute atomic E-state index is 0.540. The van der Waals surface area contributed by atoms with Crippen molar-refractivity contribution in [1.82, 2.24) is 0 Å². The van der Waals surface area contributed by atoms with Gasteiger partial charge in [0.2, 0.25) is 0 Å². The van der Waals surface area contributed by atoms with Crippen molar-refractivity contribution in [2.45, 2.75) is 33.6 Å². The number of rotatable bonds is 4. The molecule has 0 unspecified atom stereocenters. The van der Waals surface area contributed by atoms with E-state index in [0.29, 0.717) is 5.41 Å². The minimum atomic E-state index is 0.540. The van der Waals surface area contributed by atoms with Gasteiger partial charge in [-0.05, 0) is 12.8 Å². The number of quaternary nitrogens is 1. The van der Waals surface area contributed by atoms with E-state index in [4.69, 9.17) is 0 Å². The van der Waals surface area contributed by atoms with Crippen LogP contribution in [0.25, 0.3) is 0 Å². The lowest BCUT2D eigenvalue weighted by molar-refractivity contribution is -0.877. The molecular weight excluding hydrogens is 134 g/mol. The average molecular weight is 158 g/mol. The molecule has 0 saturated heterocycles. The van der Waals surface area contributed by atoms with Gasteiger partial charge in [0.15, 0.2) is 0 Å². The first-order chi connectivity index (χ1) is 4.83. The Labute approximate surface area is 72.0 Å². The maximum Gasteiger partial charge on any atom is 0.0834 e. The fourth-order valence-electron chi connectivity index (χ4n) is 1.62. The van der Waals surface area contributed by atoms with Gasteiger partial charge in [-0.1, -0.05) is 20.8 Å². The Kier molecular flexibility index (Phi) is 3.56. The molecule has 0 heterocycles. The summed E-state index contributed by atoms with van der Waals surface area (Å²) in [5.41, 5.74) is 0.540. The maximum atomic E-state index is 2.39. The van der Waals surface area contributed by atoms with Gasteiger partial charge in [0, 0.05) is 5.41 Å². The third-order valence-corrected chi connectivity index (χ3v) is 2.56. The summed E-state index contributed by atoms with van der Waals surface area (Å²) in [5.74, 6) is 0. The molecule has 0 aromatic rings.